The molecule has 1 unspecified atom stereocenters. The number of hydroxylamine groups is 1. The Morgan fingerprint density at radius 1 is 1.06 bits per heavy atom. The molecule has 4 rings (SSSR count). The van der Waals surface area contributed by atoms with E-state index in [2.05, 4.69) is 34.7 Å². The molecule has 1 aromatic heterocycles. The van der Waals surface area contributed by atoms with Crippen LogP contribution in [0.1, 0.15) is 41.1 Å². The lowest BCUT2D eigenvalue weighted by atomic mass is 9.89. The number of carbonyl (C=O) groups is 1. The second-order valence-corrected chi connectivity index (χ2v) is 7.58. The highest BCUT2D eigenvalue weighted by molar-refractivity contribution is 5.73. The topological polar surface area (TPSA) is 80.7 Å². The number of allylic oxidation sites excluding steroid dienone is 1. The zero-order valence-electron chi connectivity index (χ0n) is 17.7. The molecule has 3 aromatic rings. The fourth-order valence-corrected chi connectivity index (χ4v) is 3.96. The van der Waals surface area contributed by atoms with Gasteiger partial charge < -0.3 is 14.7 Å². The number of ether oxygens (including phenoxy) is 1. The van der Waals surface area contributed by atoms with Gasteiger partial charge in [-0.15, -0.1) is 0 Å². The summed E-state index contributed by atoms with van der Waals surface area (Å²) in [4.78, 5) is 21.0. The van der Waals surface area contributed by atoms with Crippen molar-refractivity contribution in [3.05, 3.63) is 101 Å². The van der Waals surface area contributed by atoms with Gasteiger partial charge in [-0.3, -0.25) is 4.98 Å². The van der Waals surface area contributed by atoms with Gasteiger partial charge in [0.25, 0.3) is 0 Å². The lowest BCUT2D eigenvalue weighted by Crippen LogP contribution is -2.23. The number of hydrogen-bond donors (Lipinski definition) is 2. The summed E-state index contributed by atoms with van der Waals surface area (Å²) in [7, 11) is 0. The van der Waals surface area contributed by atoms with Crippen LogP contribution in [0, 0.1) is 0 Å². The predicted molar refractivity (Wildman–Crippen MR) is 122 cm³/mol. The Morgan fingerprint density at radius 2 is 1.91 bits per heavy atom. The highest BCUT2D eigenvalue weighted by Crippen LogP contribution is 2.34. The largest absolute Gasteiger partial charge is 0.482 e. The summed E-state index contributed by atoms with van der Waals surface area (Å²) in [6.07, 6.45) is 8.29. The highest BCUT2D eigenvalue weighted by Gasteiger charge is 2.18. The second kappa shape index (κ2) is 10.7. The van der Waals surface area contributed by atoms with Crippen LogP contribution in [0.5, 0.6) is 5.75 Å². The number of nitrogens with one attached hydrogen (secondary N) is 1. The summed E-state index contributed by atoms with van der Waals surface area (Å²) in [5.41, 5.74) is 8.69. The van der Waals surface area contributed by atoms with E-state index in [0.29, 0.717) is 12.4 Å². The molecule has 164 valence electrons. The number of rotatable bonds is 10. The van der Waals surface area contributed by atoms with Crippen molar-refractivity contribution in [3.8, 4) is 5.75 Å². The van der Waals surface area contributed by atoms with Crippen LogP contribution >= 0.6 is 0 Å². The Hall–Kier alpha value is -3.48. The highest BCUT2D eigenvalue weighted by atomic mass is 16.6. The number of nitrogens with zero attached hydrogens (tertiary/aromatic N) is 1. The van der Waals surface area contributed by atoms with Gasteiger partial charge in [-0.05, 0) is 53.7 Å². The van der Waals surface area contributed by atoms with Crippen molar-refractivity contribution in [1.29, 1.82) is 0 Å². The number of pyridine rings is 1. The van der Waals surface area contributed by atoms with E-state index in [1.165, 1.54) is 5.57 Å². The molecular formula is C26H26N2O4. The number of benzene rings is 2. The molecule has 1 heterocycles. The van der Waals surface area contributed by atoms with Gasteiger partial charge in [0.2, 0.25) is 0 Å². The summed E-state index contributed by atoms with van der Waals surface area (Å²) in [6, 6.07) is 19.8. The number of carboxylic acids is 1. The van der Waals surface area contributed by atoms with E-state index in [-0.39, 0.29) is 12.6 Å². The fraction of sp³-hybridized carbons (Fsp3) is 0.231. The molecule has 0 fully saturated rings. The molecule has 0 saturated heterocycles. The second-order valence-electron chi connectivity index (χ2n) is 7.58. The normalized spacial score (nSPS) is 13.7. The Labute approximate surface area is 187 Å². The first-order valence-electron chi connectivity index (χ1n) is 10.7. The predicted octanol–water partition coefficient (Wildman–Crippen LogP) is 4.58. The average Bonchev–Trinajstić information content (AvgIpc) is 2.84. The first kappa shape index (κ1) is 21.7. The van der Waals surface area contributed by atoms with Gasteiger partial charge in [0, 0.05) is 18.0 Å². The fourth-order valence-electron chi connectivity index (χ4n) is 3.96. The molecule has 1 aliphatic carbocycles. The molecule has 0 aliphatic heterocycles. The molecule has 6 heteroatoms. The maximum Gasteiger partial charge on any atom is 0.341 e. The smallest absolute Gasteiger partial charge is 0.341 e. The molecule has 0 spiro atoms. The average molecular weight is 431 g/mol. The third-order valence-electron chi connectivity index (χ3n) is 5.44. The number of hydrogen-bond acceptors (Lipinski definition) is 5. The Bertz CT molecular complexity index is 1030. The van der Waals surface area contributed by atoms with Crippen LogP contribution in [-0.4, -0.2) is 29.3 Å². The molecule has 32 heavy (non-hydrogen) atoms. The first-order valence-corrected chi connectivity index (χ1v) is 10.7. The molecular weight excluding hydrogens is 404 g/mol. The Balaban J connectivity index is 1.40. The zero-order chi connectivity index (χ0) is 22.2. The van der Waals surface area contributed by atoms with Crippen LogP contribution in [-0.2, 0) is 16.1 Å². The molecule has 2 aromatic carbocycles. The van der Waals surface area contributed by atoms with E-state index >= 15 is 0 Å². The van der Waals surface area contributed by atoms with Gasteiger partial charge in [-0.1, -0.05) is 54.6 Å². The molecule has 1 aliphatic rings. The number of carboxylic acid groups (broad SMARTS) is 1. The number of aliphatic carboxylic acids is 1. The van der Waals surface area contributed by atoms with Gasteiger partial charge >= 0.3 is 5.97 Å². The van der Waals surface area contributed by atoms with Crippen LogP contribution in [0.15, 0.2) is 79.1 Å². The zero-order valence-corrected chi connectivity index (χ0v) is 17.7. The van der Waals surface area contributed by atoms with E-state index < -0.39 is 5.97 Å². The Kier molecular flexibility index (Phi) is 7.27. The summed E-state index contributed by atoms with van der Waals surface area (Å²) >= 11 is 0. The maximum atomic E-state index is 10.9. The maximum absolute atomic E-state index is 10.9. The molecule has 0 bridgehead atoms. The molecule has 0 amide bonds. The van der Waals surface area contributed by atoms with Crippen LogP contribution in [0.2, 0.25) is 0 Å². The molecule has 2 N–H and O–H groups in total. The van der Waals surface area contributed by atoms with E-state index in [4.69, 9.17) is 14.7 Å². The van der Waals surface area contributed by atoms with E-state index in [0.717, 1.165) is 41.5 Å². The summed E-state index contributed by atoms with van der Waals surface area (Å²) in [6.45, 7) is 0.160. The van der Waals surface area contributed by atoms with Crippen molar-refractivity contribution in [1.82, 2.24) is 10.5 Å². The SMILES string of the molecule is O=C(O)COc1cccc2c1CCC=C2CCONC(c1ccccc1)c1cccnc1. The van der Waals surface area contributed by atoms with Gasteiger partial charge in [0.1, 0.15) is 5.75 Å². The van der Waals surface area contributed by atoms with Crippen molar-refractivity contribution in [3.63, 3.8) is 0 Å². The third-order valence-corrected chi connectivity index (χ3v) is 5.44. The molecule has 0 radical (unpaired) electrons. The summed E-state index contributed by atoms with van der Waals surface area (Å²) in [5.74, 6) is -0.328. The van der Waals surface area contributed by atoms with E-state index in [9.17, 15) is 4.79 Å². The first-order chi connectivity index (χ1) is 15.7. The minimum atomic E-state index is -0.977. The van der Waals surface area contributed by atoms with Gasteiger partial charge in [-0.2, -0.15) is 5.48 Å². The van der Waals surface area contributed by atoms with Gasteiger partial charge in [0.05, 0.1) is 12.6 Å². The van der Waals surface area contributed by atoms with E-state index in [1.54, 1.807) is 6.20 Å². The van der Waals surface area contributed by atoms with Gasteiger partial charge in [-0.25, -0.2) is 4.79 Å². The van der Waals surface area contributed by atoms with E-state index in [1.807, 2.05) is 48.7 Å². The summed E-state index contributed by atoms with van der Waals surface area (Å²) in [5, 5.41) is 8.92. The van der Waals surface area contributed by atoms with Crippen molar-refractivity contribution in [2.24, 2.45) is 0 Å². The van der Waals surface area contributed by atoms with Gasteiger partial charge in [0.15, 0.2) is 6.61 Å². The van der Waals surface area contributed by atoms with Crippen LogP contribution < -0.4 is 10.2 Å². The van der Waals surface area contributed by atoms with Crippen LogP contribution in [0.4, 0.5) is 0 Å². The monoisotopic (exact) mass is 430 g/mol. The standard InChI is InChI=1S/C26H26N2O4/c29-25(30)18-31-24-13-5-11-22-19(9-4-12-23(22)24)14-16-32-28-26(20-7-2-1-3-8-20)21-10-6-15-27-17-21/h1-3,5-11,13,15,17,26,28H,4,12,14,16,18H2,(H,29,30). The van der Waals surface area contributed by atoms with Crippen molar-refractivity contribution < 1.29 is 19.5 Å². The lowest BCUT2D eigenvalue weighted by molar-refractivity contribution is -0.139. The van der Waals surface area contributed by atoms with Crippen molar-refractivity contribution in [2.75, 3.05) is 13.2 Å². The quantitative estimate of drug-likeness (QED) is 0.362. The minimum Gasteiger partial charge on any atom is -0.482 e. The number of aromatic nitrogens is 1. The molecule has 1 atom stereocenters. The minimum absolute atomic E-state index is 0.117. The van der Waals surface area contributed by atoms with Crippen molar-refractivity contribution >= 4 is 11.5 Å². The van der Waals surface area contributed by atoms with Crippen molar-refractivity contribution in [2.45, 2.75) is 25.3 Å². The van der Waals surface area contributed by atoms with Crippen LogP contribution in [0.3, 0.4) is 0 Å². The molecule has 6 nitrogen and oxygen atoms in total. The number of fused-ring (bicyclic) bond motifs is 1. The third kappa shape index (κ3) is 5.41. The lowest BCUT2D eigenvalue weighted by Gasteiger charge is -2.22. The Morgan fingerprint density at radius 3 is 2.69 bits per heavy atom. The molecule has 0 saturated carbocycles. The van der Waals surface area contributed by atoms with Crippen LogP contribution in [0.25, 0.3) is 5.57 Å². The summed E-state index contributed by atoms with van der Waals surface area (Å²) < 4.78 is 5.49.